The third kappa shape index (κ3) is 5.96. The predicted molar refractivity (Wildman–Crippen MR) is 121 cm³/mol. The lowest BCUT2D eigenvalue weighted by atomic mass is 9.90. The third-order valence-corrected chi connectivity index (χ3v) is 12.2. The first kappa shape index (κ1) is 24.0. The third-order valence-electron chi connectivity index (χ3n) is 7.67. The van der Waals surface area contributed by atoms with E-state index in [0.717, 1.165) is 45.3 Å². The van der Waals surface area contributed by atoms with Crippen LogP contribution in [0.15, 0.2) is 11.6 Å². The Balaban J connectivity index is 1.64. The zero-order chi connectivity index (χ0) is 21.9. The molecule has 1 heterocycles. The maximum Gasteiger partial charge on any atom is 0.302 e. The number of hydrogen-bond donors (Lipinski definition) is 0. The Bertz CT molecular complexity index is 618. The average molecular weight is 439 g/mol. The molecule has 0 N–H and O–H groups in total. The maximum atomic E-state index is 11.1. The summed E-state index contributed by atoms with van der Waals surface area (Å²) in [5.74, 6) is 1.31. The van der Waals surface area contributed by atoms with E-state index in [2.05, 4.69) is 39.9 Å². The minimum absolute atomic E-state index is 0.0506. The Labute approximate surface area is 184 Å². The number of carbonyl (C=O) groups is 1. The number of esters is 1. The van der Waals surface area contributed by atoms with Crippen molar-refractivity contribution in [2.45, 2.75) is 96.7 Å². The van der Waals surface area contributed by atoms with Crippen molar-refractivity contribution in [2.75, 3.05) is 19.8 Å². The fourth-order valence-electron chi connectivity index (χ4n) is 4.81. The second-order valence-corrected chi connectivity index (χ2v) is 15.7. The summed E-state index contributed by atoms with van der Waals surface area (Å²) >= 11 is 0. The predicted octanol–water partition coefficient (Wildman–Crippen LogP) is 5.46. The fourth-order valence-corrected chi connectivity index (χ4v) is 5.85. The van der Waals surface area contributed by atoms with Crippen LogP contribution in [0.4, 0.5) is 0 Å². The van der Waals surface area contributed by atoms with Gasteiger partial charge in [-0.15, -0.1) is 0 Å². The van der Waals surface area contributed by atoms with Gasteiger partial charge in [0.25, 0.3) is 0 Å². The van der Waals surface area contributed by atoms with Gasteiger partial charge in [0, 0.05) is 32.5 Å². The highest BCUT2D eigenvalue weighted by atomic mass is 28.4. The van der Waals surface area contributed by atoms with Crippen LogP contribution in [-0.2, 0) is 23.4 Å². The van der Waals surface area contributed by atoms with Crippen LogP contribution in [0.5, 0.6) is 0 Å². The topological polar surface area (TPSA) is 54.0 Å². The van der Waals surface area contributed by atoms with Crippen LogP contribution in [0.25, 0.3) is 0 Å². The molecule has 0 aromatic heterocycles. The Morgan fingerprint density at radius 2 is 2.03 bits per heavy atom. The van der Waals surface area contributed by atoms with Crippen molar-refractivity contribution in [3.05, 3.63) is 11.6 Å². The molecule has 1 aliphatic heterocycles. The molecule has 0 bridgehead atoms. The standard InChI is InChI=1S/C24H42O5Si/c1-17(25)26-12-10-18-13-19-15-22(29-23-9-7-8-11-27-23)21(20(19)14-18)16-28-30(5,6)24(2,3)4/h13,19-23H,7-12,14-16H2,1-6H3. The maximum absolute atomic E-state index is 11.1. The highest BCUT2D eigenvalue weighted by Gasteiger charge is 2.48. The van der Waals surface area contributed by atoms with Gasteiger partial charge in [-0.05, 0) is 62.1 Å². The van der Waals surface area contributed by atoms with E-state index in [-0.39, 0.29) is 23.4 Å². The van der Waals surface area contributed by atoms with E-state index in [1.807, 2.05) is 0 Å². The van der Waals surface area contributed by atoms with Crippen LogP contribution >= 0.6 is 0 Å². The molecule has 1 saturated carbocycles. The van der Waals surface area contributed by atoms with Crippen LogP contribution in [0.2, 0.25) is 18.1 Å². The van der Waals surface area contributed by atoms with Gasteiger partial charge in [0.1, 0.15) is 0 Å². The molecule has 0 aromatic rings. The molecule has 0 amide bonds. The molecule has 2 aliphatic carbocycles. The summed E-state index contributed by atoms with van der Waals surface area (Å²) in [7, 11) is -1.81. The SMILES string of the molecule is CC(=O)OCCC1=CC2CC(OC3CCCCO3)C(CO[Si](C)(C)C(C)(C)C)C2C1. The highest BCUT2D eigenvalue weighted by molar-refractivity contribution is 6.74. The zero-order valence-electron chi connectivity index (χ0n) is 19.9. The molecule has 3 rings (SSSR count). The van der Waals surface area contributed by atoms with Crippen LogP contribution in [-0.4, -0.2) is 46.5 Å². The van der Waals surface area contributed by atoms with E-state index < -0.39 is 8.32 Å². The van der Waals surface area contributed by atoms with Crippen molar-refractivity contribution in [1.82, 2.24) is 0 Å². The van der Waals surface area contributed by atoms with E-state index in [0.29, 0.717) is 24.4 Å². The van der Waals surface area contributed by atoms with Gasteiger partial charge in [0.15, 0.2) is 14.6 Å². The molecule has 1 saturated heterocycles. The van der Waals surface area contributed by atoms with E-state index in [9.17, 15) is 4.79 Å². The van der Waals surface area contributed by atoms with Crippen LogP contribution in [0.3, 0.4) is 0 Å². The average Bonchev–Trinajstić information content (AvgIpc) is 3.17. The van der Waals surface area contributed by atoms with E-state index in [1.165, 1.54) is 18.9 Å². The largest absolute Gasteiger partial charge is 0.466 e. The number of ether oxygens (including phenoxy) is 3. The van der Waals surface area contributed by atoms with Gasteiger partial charge in [-0.3, -0.25) is 4.79 Å². The summed E-state index contributed by atoms with van der Waals surface area (Å²) < 4.78 is 24.2. The lowest BCUT2D eigenvalue weighted by Gasteiger charge is -2.38. The summed E-state index contributed by atoms with van der Waals surface area (Å²) in [6, 6.07) is 0. The molecule has 0 aromatic carbocycles. The quantitative estimate of drug-likeness (QED) is 0.286. The summed E-state index contributed by atoms with van der Waals surface area (Å²) in [6.07, 6.45) is 8.89. The van der Waals surface area contributed by atoms with Crippen molar-refractivity contribution in [3.63, 3.8) is 0 Å². The molecule has 0 radical (unpaired) electrons. The second-order valence-electron chi connectivity index (χ2n) is 10.9. The summed E-state index contributed by atoms with van der Waals surface area (Å²) in [4.78, 5) is 11.1. The number of carbonyl (C=O) groups excluding carboxylic acids is 1. The Morgan fingerprint density at radius 1 is 1.27 bits per heavy atom. The van der Waals surface area contributed by atoms with Crippen molar-refractivity contribution in [3.8, 4) is 0 Å². The Hall–Kier alpha value is -0.693. The van der Waals surface area contributed by atoms with Gasteiger partial charge in [-0.25, -0.2) is 0 Å². The van der Waals surface area contributed by atoms with E-state index in [1.54, 1.807) is 0 Å². The van der Waals surface area contributed by atoms with Gasteiger partial charge >= 0.3 is 5.97 Å². The van der Waals surface area contributed by atoms with Crippen molar-refractivity contribution >= 4 is 14.3 Å². The number of rotatable bonds is 8. The summed E-state index contributed by atoms with van der Waals surface area (Å²) in [6.45, 7) is 15.1. The summed E-state index contributed by atoms with van der Waals surface area (Å²) in [5.41, 5.74) is 1.43. The van der Waals surface area contributed by atoms with Crippen LogP contribution in [0, 0.1) is 17.8 Å². The molecule has 2 fully saturated rings. The molecule has 6 heteroatoms. The van der Waals surface area contributed by atoms with Gasteiger partial charge < -0.3 is 18.6 Å². The monoisotopic (exact) mass is 438 g/mol. The van der Waals surface area contributed by atoms with Crippen LogP contribution < -0.4 is 0 Å². The molecular weight excluding hydrogens is 396 g/mol. The first-order chi connectivity index (χ1) is 14.1. The number of fused-ring (bicyclic) bond motifs is 1. The van der Waals surface area contributed by atoms with Crippen molar-refractivity contribution in [2.24, 2.45) is 17.8 Å². The molecule has 5 unspecified atom stereocenters. The lowest BCUT2D eigenvalue weighted by molar-refractivity contribution is -0.197. The zero-order valence-corrected chi connectivity index (χ0v) is 20.9. The van der Waals surface area contributed by atoms with Gasteiger partial charge in [-0.2, -0.15) is 0 Å². The van der Waals surface area contributed by atoms with Gasteiger partial charge in [0.05, 0.1) is 12.7 Å². The van der Waals surface area contributed by atoms with Gasteiger partial charge in [0.2, 0.25) is 0 Å². The number of hydrogen-bond acceptors (Lipinski definition) is 5. The smallest absolute Gasteiger partial charge is 0.302 e. The highest BCUT2D eigenvalue weighted by Crippen LogP contribution is 2.50. The van der Waals surface area contributed by atoms with E-state index in [4.69, 9.17) is 18.6 Å². The molecule has 5 atom stereocenters. The first-order valence-corrected chi connectivity index (χ1v) is 14.7. The number of allylic oxidation sites excluding steroid dienone is 1. The fraction of sp³-hybridized carbons (Fsp3) is 0.875. The lowest BCUT2D eigenvalue weighted by Crippen LogP contribution is -2.44. The Kier molecular flexibility index (Phi) is 7.86. The van der Waals surface area contributed by atoms with E-state index >= 15 is 0 Å². The minimum atomic E-state index is -1.81. The molecule has 5 nitrogen and oxygen atoms in total. The van der Waals surface area contributed by atoms with Crippen molar-refractivity contribution in [1.29, 1.82) is 0 Å². The van der Waals surface area contributed by atoms with Crippen LogP contribution in [0.1, 0.15) is 66.2 Å². The Morgan fingerprint density at radius 3 is 2.67 bits per heavy atom. The summed E-state index contributed by atoms with van der Waals surface area (Å²) in [5, 5.41) is 0.205. The van der Waals surface area contributed by atoms with Gasteiger partial charge in [-0.1, -0.05) is 32.4 Å². The molecule has 3 aliphatic rings. The minimum Gasteiger partial charge on any atom is -0.466 e. The first-order valence-electron chi connectivity index (χ1n) is 11.8. The van der Waals surface area contributed by atoms with Crippen molar-refractivity contribution < 1.29 is 23.4 Å². The molecule has 30 heavy (non-hydrogen) atoms. The molecule has 0 spiro atoms. The molecular formula is C24H42O5Si. The normalized spacial score (nSPS) is 32.1. The second kappa shape index (κ2) is 9.84. The molecule has 172 valence electrons.